The van der Waals surface area contributed by atoms with Crippen molar-refractivity contribution in [3.05, 3.63) is 25.8 Å². The number of anilines is 1. The number of nitrogens with zero attached hydrogens (tertiary/aromatic N) is 2. The molecule has 0 radical (unpaired) electrons. The molecule has 0 aliphatic carbocycles. The monoisotopic (exact) mass is 251 g/mol. The van der Waals surface area contributed by atoms with Gasteiger partial charge in [-0.2, -0.15) is 0 Å². The molecule has 2 N–H and O–H groups in total. The summed E-state index contributed by atoms with van der Waals surface area (Å²) in [5.41, 5.74) is 5.29. The van der Waals surface area contributed by atoms with Gasteiger partial charge in [0.25, 0.3) is 0 Å². The number of rotatable bonds is 1. The Balaban J connectivity index is 3.36. The lowest BCUT2D eigenvalue weighted by atomic mass is 10.4. The first kappa shape index (κ1) is 9.21. The molecular weight excluding hydrogens is 249 g/mol. The van der Waals surface area contributed by atoms with Gasteiger partial charge in [-0.15, -0.1) is 0 Å². The molecule has 0 spiro atoms. The summed E-state index contributed by atoms with van der Waals surface area (Å²) >= 11 is 8.58. The van der Waals surface area contributed by atoms with Gasteiger partial charge in [-0.3, -0.25) is 0 Å². The van der Waals surface area contributed by atoms with Gasteiger partial charge < -0.3 is 15.8 Å². The number of nitro groups is 1. The van der Waals surface area contributed by atoms with Crippen LogP contribution in [-0.4, -0.2) is 9.91 Å². The zero-order valence-corrected chi connectivity index (χ0v) is 7.96. The number of nitrogens with two attached hydrogens (primary N) is 1. The maximum absolute atomic E-state index is 10.3. The standard InChI is InChI=1S/C5H3BrClN3O2/c6-3-2(7)1-9-5(4(3)8)10(11)12/h1H,8H2. The van der Waals surface area contributed by atoms with E-state index in [-0.39, 0.29) is 10.7 Å². The topological polar surface area (TPSA) is 82.0 Å². The summed E-state index contributed by atoms with van der Waals surface area (Å²) in [6, 6.07) is 0. The average Bonchev–Trinajstić information content (AvgIpc) is 2.00. The van der Waals surface area contributed by atoms with Gasteiger partial charge in [-0.1, -0.05) is 11.6 Å². The number of pyridine rings is 1. The van der Waals surface area contributed by atoms with Crippen molar-refractivity contribution in [2.24, 2.45) is 0 Å². The van der Waals surface area contributed by atoms with Crippen LogP contribution in [0.1, 0.15) is 0 Å². The van der Waals surface area contributed by atoms with Crippen LogP contribution < -0.4 is 5.73 Å². The van der Waals surface area contributed by atoms with E-state index in [0.717, 1.165) is 0 Å². The number of halogens is 2. The lowest BCUT2D eigenvalue weighted by molar-refractivity contribution is -0.388. The summed E-state index contributed by atoms with van der Waals surface area (Å²) in [4.78, 5) is 13.1. The molecule has 1 heterocycles. The first-order chi connectivity index (χ1) is 5.54. The highest BCUT2D eigenvalue weighted by Crippen LogP contribution is 2.32. The van der Waals surface area contributed by atoms with Crippen LogP contribution in [0, 0.1) is 10.1 Å². The van der Waals surface area contributed by atoms with E-state index in [4.69, 9.17) is 17.3 Å². The predicted molar refractivity (Wildman–Crippen MR) is 48.0 cm³/mol. The van der Waals surface area contributed by atoms with E-state index in [1.807, 2.05) is 0 Å². The molecule has 1 aromatic heterocycles. The highest BCUT2D eigenvalue weighted by atomic mass is 79.9. The van der Waals surface area contributed by atoms with Gasteiger partial charge in [-0.05, 0) is 25.8 Å². The molecule has 5 nitrogen and oxygen atoms in total. The summed E-state index contributed by atoms with van der Waals surface area (Å²) in [5.74, 6) is -0.397. The van der Waals surface area contributed by atoms with Gasteiger partial charge in [0.05, 0.1) is 4.47 Å². The third-order valence-electron chi connectivity index (χ3n) is 1.16. The lowest BCUT2D eigenvalue weighted by Crippen LogP contribution is -1.99. The molecule has 0 aliphatic heterocycles. The van der Waals surface area contributed by atoms with Crippen molar-refractivity contribution < 1.29 is 4.92 Å². The normalized spacial score (nSPS) is 9.83. The molecule has 64 valence electrons. The summed E-state index contributed by atoms with van der Waals surface area (Å²) in [5, 5.41) is 10.5. The first-order valence-corrected chi connectivity index (χ1v) is 3.95. The molecule has 12 heavy (non-hydrogen) atoms. The van der Waals surface area contributed by atoms with Crippen LogP contribution in [0.5, 0.6) is 0 Å². The Kier molecular flexibility index (Phi) is 2.49. The Bertz CT molecular complexity index is 344. The van der Waals surface area contributed by atoms with Crippen molar-refractivity contribution in [3.63, 3.8) is 0 Å². The molecule has 0 aromatic carbocycles. The Labute approximate surface area is 80.8 Å². The van der Waals surface area contributed by atoms with Crippen molar-refractivity contribution in [1.29, 1.82) is 0 Å². The van der Waals surface area contributed by atoms with E-state index in [1.165, 1.54) is 6.20 Å². The zero-order chi connectivity index (χ0) is 9.30. The summed E-state index contributed by atoms with van der Waals surface area (Å²) < 4.78 is 0.297. The minimum Gasteiger partial charge on any atom is -0.391 e. The number of nitrogen functional groups attached to an aromatic ring is 1. The van der Waals surface area contributed by atoms with Crippen molar-refractivity contribution in [2.45, 2.75) is 0 Å². The van der Waals surface area contributed by atoms with Gasteiger partial charge in [0.2, 0.25) is 0 Å². The third-order valence-corrected chi connectivity index (χ3v) is 2.53. The van der Waals surface area contributed by atoms with Crippen molar-refractivity contribution in [1.82, 2.24) is 4.98 Å². The van der Waals surface area contributed by atoms with E-state index in [1.54, 1.807) is 0 Å². The van der Waals surface area contributed by atoms with Crippen LogP contribution in [0.4, 0.5) is 11.5 Å². The van der Waals surface area contributed by atoms with Crippen molar-refractivity contribution in [3.8, 4) is 0 Å². The van der Waals surface area contributed by atoms with Crippen LogP contribution in [-0.2, 0) is 0 Å². The van der Waals surface area contributed by atoms with Crippen LogP contribution in [0.25, 0.3) is 0 Å². The molecular formula is C5H3BrClN3O2. The lowest BCUT2D eigenvalue weighted by Gasteiger charge is -1.99. The predicted octanol–water partition coefficient (Wildman–Crippen LogP) is 1.99. The van der Waals surface area contributed by atoms with Gasteiger partial charge >= 0.3 is 5.82 Å². The molecule has 0 amide bonds. The number of aromatic nitrogens is 1. The van der Waals surface area contributed by atoms with Gasteiger partial charge in [-0.25, -0.2) is 0 Å². The maximum Gasteiger partial charge on any atom is 0.387 e. The molecule has 0 atom stereocenters. The first-order valence-electron chi connectivity index (χ1n) is 2.78. The fourth-order valence-electron chi connectivity index (χ4n) is 0.616. The quantitative estimate of drug-likeness (QED) is 0.612. The molecule has 1 aromatic rings. The second kappa shape index (κ2) is 3.24. The summed E-state index contributed by atoms with van der Waals surface area (Å²) in [6.45, 7) is 0. The van der Waals surface area contributed by atoms with E-state index < -0.39 is 10.7 Å². The fraction of sp³-hybridized carbons (Fsp3) is 0. The summed E-state index contributed by atoms with van der Waals surface area (Å²) in [6.07, 6.45) is 1.17. The van der Waals surface area contributed by atoms with Crippen LogP contribution in [0.2, 0.25) is 5.02 Å². The fourth-order valence-corrected chi connectivity index (χ4v) is 1.05. The van der Waals surface area contributed by atoms with Crippen molar-refractivity contribution in [2.75, 3.05) is 5.73 Å². The minimum atomic E-state index is -0.670. The van der Waals surface area contributed by atoms with Gasteiger partial charge in [0, 0.05) is 0 Å². The van der Waals surface area contributed by atoms with Crippen LogP contribution >= 0.6 is 27.5 Å². The van der Waals surface area contributed by atoms with E-state index in [2.05, 4.69) is 20.9 Å². The smallest absolute Gasteiger partial charge is 0.387 e. The zero-order valence-electron chi connectivity index (χ0n) is 5.62. The van der Waals surface area contributed by atoms with E-state index in [0.29, 0.717) is 4.47 Å². The molecule has 1 rings (SSSR count). The second-order valence-electron chi connectivity index (χ2n) is 1.91. The Morgan fingerprint density at radius 2 is 2.33 bits per heavy atom. The minimum absolute atomic E-state index is 0.0625. The highest BCUT2D eigenvalue weighted by molar-refractivity contribution is 9.10. The third kappa shape index (κ3) is 1.49. The largest absolute Gasteiger partial charge is 0.391 e. The summed E-state index contributed by atoms with van der Waals surface area (Å²) in [7, 11) is 0. The van der Waals surface area contributed by atoms with E-state index >= 15 is 0 Å². The molecule has 0 unspecified atom stereocenters. The second-order valence-corrected chi connectivity index (χ2v) is 3.11. The van der Waals surface area contributed by atoms with Crippen molar-refractivity contribution >= 4 is 39.0 Å². The highest BCUT2D eigenvalue weighted by Gasteiger charge is 2.17. The Hall–Kier alpha value is -0.880. The SMILES string of the molecule is Nc1c([N+](=O)[O-])ncc(Cl)c1Br. The molecule has 0 saturated heterocycles. The van der Waals surface area contributed by atoms with Crippen LogP contribution in [0.3, 0.4) is 0 Å². The number of hydrogen-bond acceptors (Lipinski definition) is 4. The molecule has 0 bridgehead atoms. The van der Waals surface area contributed by atoms with E-state index in [9.17, 15) is 10.1 Å². The molecule has 7 heteroatoms. The molecule has 0 fully saturated rings. The molecule has 0 saturated carbocycles. The van der Waals surface area contributed by atoms with Crippen LogP contribution in [0.15, 0.2) is 10.7 Å². The molecule has 0 aliphatic rings. The van der Waals surface area contributed by atoms with Gasteiger partial charge in [0.15, 0.2) is 6.20 Å². The maximum atomic E-state index is 10.3. The van der Waals surface area contributed by atoms with Gasteiger partial charge in [0.1, 0.15) is 10.7 Å². The Morgan fingerprint density at radius 3 is 2.83 bits per heavy atom. The number of hydrogen-bond donors (Lipinski definition) is 1. The Morgan fingerprint density at radius 1 is 1.75 bits per heavy atom. The average molecular weight is 252 g/mol.